The van der Waals surface area contributed by atoms with Crippen molar-refractivity contribution in [3.63, 3.8) is 0 Å². The quantitative estimate of drug-likeness (QED) is 0.875. The number of amides is 1. The predicted molar refractivity (Wildman–Crippen MR) is 81.3 cm³/mol. The second-order valence-electron chi connectivity index (χ2n) is 6.01. The maximum Gasteiger partial charge on any atom is 0.227 e. The summed E-state index contributed by atoms with van der Waals surface area (Å²) in [5.41, 5.74) is 6.40. The summed E-state index contributed by atoms with van der Waals surface area (Å²) in [7, 11) is -3.18. The van der Waals surface area contributed by atoms with Gasteiger partial charge in [-0.15, -0.1) is 0 Å². The molecule has 0 spiro atoms. The van der Waals surface area contributed by atoms with Gasteiger partial charge in [0.25, 0.3) is 0 Å². The maximum absolute atomic E-state index is 12.3. The van der Waals surface area contributed by atoms with Crippen molar-refractivity contribution in [3.05, 3.63) is 29.8 Å². The molecule has 116 valence electrons. The maximum atomic E-state index is 12.3. The van der Waals surface area contributed by atoms with Crippen LogP contribution in [-0.4, -0.2) is 26.6 Å². The van der Waals surface area contributed by atoms with Gasteiger partial charge in [-0.05, 0) is 37.5 Å². The van der Waals surface area contributed by atoms with Crippen molar-refractivity contribution in [2.24, 2.45) is 11.1 Å². The van der Waals surface area contributed by atoms with Crippen molar-refractivity contribution in [3.8, 4) is 0 Å². The molecule has 0 heterocycles. The third kappa shape index (κ3) is 3.44. The molecule has 1 amide bonds. The van der Waals surface area contributed by atoms with E-state index in [1.54, 1.807) is 24.3 Å². The summed E-state index contributed by atoms with van der Waals surface area (Å²) in [5, 5.41) is 2.90. The molecule has 0 bridgehead atoms. The van der Waals surface area contributed by atoms with E-state index in [-0.39, 0.29) is 16.8 Å². The van der Waals surface area contributed by atoms with E-state index in [1.165, 1.54) is 6.26 Å². The number of sulfone groups is 1. The number of rotatable bonds is 4. The smallest absolute Gasteiger partial charge is 0.227 e. The molecule has 1 aliphatic carbocycles. The van der Waals surface area contributed by atoms with Crippen LogP contribution >= 0.6 is 0 Å². The highest BCUT2D eigenvalue weighted by molar-refractivity contribution is 7.90. The van der Waals surface area contributed by atoms with Crippen molar-refractivity contribution in [2.45, 2.75) is 43.7 Å². The first kappa shape index (κ1) is 16.0. The molecule has 1 aromatic rings. The molecule has 0 aliphatic heterocycles. The van der Waals surface area contributed by atoms with Crippen LogP contribution in [0.5, 0.6) is 0 Å². The molecule has 1 aliphatic rings. The van der Waals surface area contributed by atoms with Gasteiger partial charge >= 0.3 is 0 Å². The SMILES string of the molecule is CC1(C(=O)NCc2ccc(S(C)(=O)=O)cc2)CCCC1N. The molecule has 1 saturated carbocycles. The normalized spacial score (nSPS) is 25.8. The average Bonchev–Trinajstić information content (AvgIpc) is 2.77. The highest BCUT2D eigenvalue weighted by atomic mass is 32.2. The Hall–Kier alpha value is -1.40. The number of benzene rings is 1. The molecule has 1 fully saturated rings. The number of hydrogen-bond donors (Lipinski definition) is 2. The minimum Gasteiger partial charge on any atom is -0.352 e. The van der Waals surface area contributed by atoms with Gasteiger partial charge in [0.05, 0.1) is 10.3 Å². The van der Waals surface area contributed by atoms with Gasteiger partial charge in [-0.25, -0.2) is 8.42 Å². The zero-order chi connectivity index (χ0) is 15.7. The van der Waals surface area contributed by atoms with E-state index in [4.69, 9.17) is 5.73 Å². The van der Waals surface area contributed by atoms with Crippen LogP contribution < -0.4 is 11.1 Å². The minimum atomic E-state index is -3.18. The number of carbonyl (C=O) groups is 1. The van der Waals surface area contributed by atoms with Crippen molar-refractivity contribution in [1.82, 2.24) is 5.32 Å². The average molecular weight is 310 g/mol. The van der Waals surface area contributed by atoms with Crippen molar-refractivity contribution < 1.29 is 13.2 Å². The van der Waals surface area contributed by atoms with Gasteiger partial charge in [-0.3, -0.25) is 4.79 Å². The van der Waals surface area contributed by atoms with Crippen LogP contribution in [-0.2, 0) is 21.2 Å². The third-order valence-corrected chi connectivity index (χ3v) is 5.48. The van der Waals surface area contributed by atoms with E-state index in [0.717, 1.165) is 24.8 Å². The van der Waals surface area contributed by atoms with E-state index in [1.807, 2.05) is 6.92 Å². The van der Waals surface area contributed by atoms with E-state index >= 15 is 0 Å². The molecular weight excluding hydrogens is 288 g/mol. The van der Waals surface area contributed by atoms with Gasteiger partial charge in [0.2, 0.25) is 5.91 Å². The summed E-state index contributed by atoms with van der Waals surface area (Å²) in [6.07, 6.45) is 3.85. The monoisotopic (exact) mass is 310 g/mol. The lowest BCUT2D eigenvalue weighted by molar-refractivity contribution is -0.130. The molecule has 1 aromatic carbocycles. The number of nitrogens with two attached hydrogens (primary N) is 1. The van der Waals surface area contributed by atoms with Crippen LogP contribution in [0.1, 0.15) is 31.7 Å². The van der Waals surface area contributed by atoms with Gasteiger partial charge in [0, 0.05) is 18.8 Å². The Bertz CT molecular complexity index is 625. The summed E-state index contributed by atoms with van der Waals surface area (Å²) >= 11 is 0. The van der Waals surface area contributed by atoms with Gasteiger partial charge < -0.3 is 11.1 Å². The fourth-order valence-corrected chi connectivity index (χ4v) is 3.34. The first-order valence-electron chi connectivity index (χ1n) is 7.06. The van der Waals surface area contributed by atoms with Crippen molar-refractivity contribution in [2.75, 3.05) is 6.26 Å². The summed E-state index contributed by atoms with van der Waals surface area (Å²) < 4.78 is 22.8. The second-order valence-corrected chi connectivity index (χ2v) is 8.03. The van der Waals surface area contributed by atoms with Gasteiger partial charge in [0.1, 0.15) is 0 Å². The topological polar surface area (TPSA) is 89.3 Å². The van der Waals surface area contributed by atoms with Crippen LogP contribution in [0.3, 0.4) is 0 Å². The van der Waals surface area contributed by atoms with E-state index < -0.39 is 15.3 Å². The highest BCUT2D eigenvalue weighted by Gasteiger charge is 2.42. The number of carbonyl (C=O) groups excluding carboxylic acids is 1. The first-order chi connectivity index (χ1) is 9.73. The van der Waals surface area contributed by atoms with Gasteiger partial charge in [-0.2, -0.15) is 0 Å². The molecule has 2 atom stereocenters. The summed E-state index contributed by atoms with van der Waals surface area (Å²) in [4.78, 5) is 12.6. The third-order valence-electron chi connectivity index (χ3n) is 4.35. The molecule has 6 heteroatoms. The standard InChI is InChI=1S/C15H22N2O3S/c1-15(9-3-4-13(15)16)14(18)17-10-11-5-7-12(8-6-11)21(2,19)20/h5-8,13H,3-4,9-10,16H2,1-2H3,(H,17,18). The Kier molecular flexibility index (Phi) is 4.39. The second kappa shape index (κ2) is 5.77. The van der Waals surface area contributed by atoms with Gasteiger partial charge in [-0.1, -0.05) is 18.6 Å². The molecular formula is C15H22N2O3S. The van der Waals surface area contributed by atoms with Crippen LogP contribution in [0, 0.1) is 5.41 Å². The molecule has 0 saturated heterocycles. The highest BCUT2D eigenvalue weighted by Crippen LogP contribution is 2.36. The van der Waals surface area contributed by atoms with Crippen LogP contribution in [0.2, 0.25) is 0 Å². The Morgan fingerprint density at radius 2 is 2.00 bits per heavy atom. The lowest BCUT2D eigenvalue weighted by Crippen LogP contribution is -2.47. The summed E-state index contributed by atoms with van der Waals surface area (Å²) in [6.45, 7) is 2.29. The van der Waals surface area contributed by atoms with Crippen LogP contribution in [0.4, 0.5) is 0 Å². The number of hydrogen-bond acceptors (Lipinski definition) is 4. The Balaban J connectivity index is 1.99. The van der Waals surface area contributed by atoms with Crippen LogP contribution in [0.25, 0.3) is 0 Å². The van der Waals surface area contributed by atoms with Crippen molar-refractivity contribution >= 4 is 15.7 Å². The van der Waals surface area contributed by atoms with E-state index in [0.29, 0.717) is 6.54 Å². The zero-order valence-electron chi connectivity index (χ0n) is 12.4. The lowest BCUT2D eigenvalue weighted by Gasteiger charge is -2.27. The fourth-order valence-electron chi connectivity index (χ4n) is 2.71. The fraction of sp³-hybridized carbons (Fsp3) is 0.533. The van der Waals surface area contributed by atoms with E-state index in [2.05, 4.69) is 5.32 Å². The van der Waals surface area contributed by atoms with E-state index in [9.17, 15) is 13.2 Å². The first-order valence-corrected chi connectivity index (χ1v) is 8.95. The molecule has 5 nitrogen and oxygen atoms in total. The Labute approximate surface area is 125 Å². The molecule has 21 heavy (non-hydrogen) atoms. The Morgan fingerprint density at radius 3 is 2.48 bits per heavy atom. The lowest BCUT2D eigenvalue weighted by atomic mass is 9.84. The number of nitrogens with one attached hydrogen (secondary N) is 1. The minimum absolute atomic E-state index is 0.0281. The molecule has 2 unspecified atom stereocenters. The van der Waals surface area contributed by atoms with Crippen LogP contribution in [0.15, 0.2) is 29.2 Å². The summed E-state index contributed by atoms with van der Waals surface area (Å²) in [6, 6.07) is 6.45. The zero-order valence-corrected chi connectivity index (χ0v) is 13.2. The molecule has 2 rings (SSSR count). The van der Waals surface area contributed by atoms with Gasteiger partial charge in [0.15, 0.2) is 9.84 Å². The Morgan fingerprint density at radius 1 is 1.38 bits per heavy atom. The van der Waals surface area contributed by atoms with Crippen molar-refractivity contribution in [1.29, 1.82) is 0 Å². The molecule has 3 N–H and O–H groups in total. The predicted octanol–water partition coefficient (Wildman–Crippen LogP) is 1.22. The largest absolute Gasteiger partial charge is 0.352 e. The molecule has 0 aromatic heterocycles. The summed E-state index contributed by atoms with van der Waals surface area (Å²) in [5.74, 6) is -0.0281. The molecule has 0 radical (unpaired) electrons.